The summed E-state index contributed by atoms with van der Waals surface area (Å²) in [6.07, 6.45) is 0. The summed E-state index contributed by atoms with van der Waals surface area (Å²) in [5.74, 6) is -0.680. The molecule has 0 aliphatic rings. The predicted molar refractivity (Wildman–Crippen MR) is 56.3 cm³/mol. The maximum atomic E-state index is 10.9. The Morgan fingerprint density at radius 3 is 2.53 bits per heavy atom. The molecule has 0 aliphatic heterocycles. The summed E-state index contributed by atoms with van der Waals surface area (Å²) in [7, 11) is -0.419. The Kier molecular flexibility index (Phi) is 3.57. The number of primary amides is 1. The second kappa shape index (κ2) is 4.52. The third-order valence-corrected chi connectivity index (χ3v) is 2.25. The summed E-state index contributed by atoms with van der Waals surface area (Å²) in [4.78, 5) is 10.9. The molecule has 80 valence electrons. The summed E-state index contributed by atoms with van der Waals surface area (Å²) in [6.45, 7) is 0. The Morgan fingerprint density at radius 1 is 1.53 bits per heavy atom. The van der Waals surface area contributed by atoms with E-state index in [1.165, 1.54) is 19.2 Å². The van der Waals surface area contributed by atoms with Crippen LogP contribution in [0.25, 0.3) is 0 Å². The van der Waals surface area contributed by atoms with Crippen LogP contribution in [0, 0.1) is 0 Å². The quantitative estimate of drug-likeness (QED) is 0.587. The zero-order chi connectivity index (χ0) is 11.6. The van der Waals surface area contributed by atoms with Crippen molar-refractivity contribution in [2.24, 2.45) is 5.73 Å². The molecule has 0 atom stereocenters. The Morgan fingerprint density at radius 2 is 2.13 bits per heavy atom. The predicted octanol–water partition coefficient (Wildman–Crippen LogP) is -0.873. The van der Waals surface area contributed by atoms with Crippen LogP contribution in [0.3, 0.4) is 0 Å². The van der Waals surface area contributed by atoms with Crippen LogP contribution in [0.15, 0.2) is 12.1 Å². The van der Waals surface area contributed by atoms with E-state index in [1.54, 1.807) is 0 Å². The molecular weight excluding hydrogens is 220 g/mol. The number of benzene rings is 1. The first-order valence-electron chi connectivity index (χ1n) is 4.01. The van der Waals surface area contributed by atoms with Crippen molar-refractivity contribution in [3.05, 3.63) is 22.7 Å². The van der Waals surface area contributed by atoms with Crippen LogP contribution >= 0.6 is 11.6 Å². The highest BCUT2D eigenvalue weighted by Gasteiger charge is 2.22. The molecule has 0 aromatic heterocycles. The van der Waals surface area contributed by atoms with Crippen molar-refractivity contribution < 1.29 is 19.6 Å². The maximum absolute atomic E-state index is 10.9. The fourth-order valence-corrected chi connectivity index (χ4v) is 1.51. The minimum atomic E-state index is -1.72. The molecule has 15 heavy (non-hydrogen) atoms. The first-order chi connectivity index (χ1) is 6.99. The number of ether oxygens (including phenoxy) is 1. The van der Waals surface area contributed by atoms with E-state index in [2.05, 4.69) is 0 Å². The van der Waals surface area contributed by atoms with Crippen molar-refractivity contribution in [3.63, 3.8) is 0 Å². The van der Waals surface area contributed by atoms with E-state index >= 15 is 0 Å². The first kappa shape index (κ1) is 11.8. The van der Waals surface area contributed by atoms with Crippen LogP contribution in [-0.2, 0) is 0 Å². The molecule has 0 radical (unpaired) electrons. The third kappa shape index (κ3) is 2.23. The second-order valence-corrected chi connectivity index (χ2v) is 3.17. The molecule has 0 saturated carbocycles. The molecule has 0 heterocycles. The Labute approximate surface area is 91.6 Å². The van der Waals surface area contributed by atoms with Crippen LogP contribution in [0.4, 0.5) is 0 Å². The van der Waals surface area contributed by atoms with Crippen molar-refractivity contribution in [3.8, 4) is 5.75 Å². The minimum absolute atomic E-state index is 0.0305. The van der Waals surface area contributed by atoms with E-state index in [-0.39, 0.29) is 21.8 Å². The largest absolute Gasteiger partial charge is 0.496 e. The smallest absolute Gasteiger partial charge is 0.492 e. The second-order valence-electron chi connectivity index (χ2n) is 2.79. The van der Waals surface area contributed by atoms with Gasteiger partial charge in [-0.25, -0.2) is 0 Å². The van der Waals surface area contributed by atoms with Crippen molar-refractivity contribution in [2.75, 3.05) is 7.11 Å². The molecule has 0 saturated heterocycles. The Balaban J connectivity index is 3.39. The van der Waals surface area contributed by atoms with E-state index in [1.807, 2.05) is 0 Å². The molecule has 0 bridgehead atoms. The van der Waals surface area contributed by atoms with E-state index < -0.39 is 13.0 Å². The number of carbonyl (C=O) groups excluding carboxylic acids is 1. The van der Waals surface area contributed by atoms with Crippen LogP contribution in [-0.4, -0.2) is 30.2 Å². The van der Waals surface area contributed by atoms with Gasteiger partial charge < -0.3 is 20.5 Å². The first-order valence-corrected chi connectivity index (χ1v) is 4.39. The van der Waals surface area contributed by atoms with E-state index in [9.17, 15) is 4.79 Å². The highest BCUT2D eigenvalue weighted by atomic mass is 35.5. The summed E-state index contributed by atoms with van der Waals surface area (Å²) in [5.41, 5.74) is 5.20. The van der Waals surface area contributed by atoms with Gasteiger partial charge in [0.1, 0.15) is 5.75 Å². The Hall–Kier alpha value is -1.24. The third-order valence-electron chi connectivity index (χ3n) is 1.88. The highest BCUT2D eigenvalue weighted by molar-refractivity contribution is 6.60. The lowest BCUT2D eigenvalue weighted by Crippen LogP contribution is -2.32. The molecule has 0 fully saturated rings. The average molecular weight is 229 g/mol. The zero-order valence-electron chi connectivity index (χ0n) is 7.90. The maximum Gasteiger partial charge on any atom is 0.492 e. The van der Waals surface area contributed by atoms with Gasteiger partial charge >= 0.3 is 7.12 Å². The van der Waals surface area contributed by atoms with Gasteiger partial charge in [-0.3, -0.25) is 4.79 Å². The average Bonchev–Trinajstić information content (AvgIpc) is 2.16. The summed E-state index contributed by atoms with van der Waals surface area (Å²) < 4.78 is 4.87. The van der Waals surface area contributed by atoms with Gasteiger partial charge in [0, 0.05) is 5.46 Å². The molecule has 1 aromatic carbocycles. The highest BCUT2D eigenvalue weighted by Crippen LogP contribution is 2.26. The van der Waals surface area contributed by atoms with Gasteiger partial charge in [0.25, 0.3) is 0 Å². The van der Waals surface area contributed by atoms with Crippen molar-refractivity contribution in [1.29, 1.82) is 0 Å². The number of hydrogen-bond acceptors (Lipinski definition) is 4. The molecule has 0 aliphatic carbocycles. The van der Waals surface area contributed by atoms with Crippen LogP contribution in [0.1, 0.15) is 10.4 Å². The molecule has 1 aromatic rings. The van der Waals surface area contributed by atoms with E-state index in [0.717, 1.165) is 0 Å². The number of carbonyl (C=O) groups is 1. The van der Waals surface area contributed by atoms with E-state index in [0.29, 0.717) is 0 Å². The molecular formula is C8H9BClNO4. The fraction of sp³-hybridized carbons (Fsp3) is 0.125. The topological polar surface area (TPSA) is 92.8 Å². The molecule has 7 heteroatoms. The fourth-order valence-electron chi connectivity index (χ4n) is 1.17. The summed E-state index contributed by atoms with van der Waals surface area (Å²) in [6, 6.07) is 2.62. The molecule has 0 spiro atoms. The number of methoxy groups -OCH3 is 1. The van der Waals surface area contributed by atoms with Gasteiger partial charge in [-0.05, 0) is 6.07 Å². The minimum Gasteiger partial charge on any atom is -0.496 e. The SMILES string of the molecule is COc1c(B(O)O)ccc(C(N)=O)c1Cl. The normalized spacial score (nSPS) is 9.87. The van der Waals surface area contributed by atoms with Gasteiger partial charge in [-0.15, -0.1) is 0 Å². The Bertz CT molecular complexity index is 396. The van der Waals surface area contributed by atoms with Crippen LogP contribution in [0.2, 0.25) is 5.02 Å². The van der Waals surface area contributed by atoms with Crippen LogP contribution in [0.5, 0.6) is 5.75 Å². The van der Waals surface area contributed by atoms with Gasteiger partial charge in [0.05, 0.1) is 17.7 Å². The van der Waals surface area contributed by atoms with Gasteiger partial charge in [0.2, 0.25) is 5.91 Å². The lowest BCUT2D eigenvalue weighted by atomic mass is 9.79. The molecule has 4 N–H and O–H groups in total. The molecule has 0 unspecified atom stereocenters. The van der Waals surface area contributed by atoms with Crippen molar-refractivity contribution in [2.45, 2.75) is 0 Å². The van der Waals surface area contributed by atoms with Gasteiger partial charge in [-0.2, -0.15) is 0 Å². The molecule has 5 nitrogen and oxygen atoms in total. The van der Waals surface area contributed by atoms with Crippen molar-refractivity contribution in [1.82, 2.24) is 0 Å². The lowest BCUT2D eigenvalue weighted by Gasteiger charge is -2.11. The van der Waals surface area contributed by atoms with Crippen LogP contribution < -0.4 is 15.9 Å². The summed E-state index contributed by atoms with van der Waals surface area (Å²) >= 11 is 5.81. The van der Waals surface area contributed by atoms with Gasteiger partial charge in [0.15, 0.2) is 0 Å². The zero-order valence-corrected chi connectivity index (χ0v) is 8.65. The molecule has 1 rings (SSSR count). The lowest BCUT2D eigenvalue weighted by molar-refractivity contribution is 0.1000. The monoisotopic (exact) mass is 229 g/mol. The van der Waals surface area contributed by atoms with Crippen molar-refractivity contribution >= 4 is 30.1 Å². The summed E-state index contributed by atoms with van der Waals surface area (Å²) in [5, 5.41) is 17.9. The van der Waals surface area contributed by atoms with E-state index in [4.69, 9.17) is 32.1 Å². The number of amides is 1. The number of nitrogens with two attached hydrogens (primary N) is 1. The standard InChI is InChI=1S/C8H9BClNO4/c1-15-7-5(9(13)14)3-2-4(6(7)10)8(11)12/h2-3,13-14H,1H3,(H2,11,12). The molecule has 1 amide bonds. The van der Waals surface area contributed by atoms with Gasteiger partial charge in [-0.1, -0.05) is 17.7 Å². The number of hydrogen-bond donors (Lipinski definition) is 3. The number of rotatable bonds is 3. The number of halogens is 1.